The summed E-state index contributed by atoms with van der Waals surface area (Å²) in [6.07, 6.45) is 4.52. The number of urea groups is 1. The van der Waals surface area contributed by atoms with E-state index in [0.29, 0.717) is 17.2 Å². The molecule has 1 fully saturated rings. The molecule has 2 aromatic rings. The standard InChI is InChI=1S/C16H22N6O2S/c1-3-8-21-10-14(19-20-21)18-16(24)22-9-4-5-11(22)12-6-7-13(25-12)15(23)17-2/h6-7,10-11H,3-5,8-9H2,1-2H3,(H,17,23)(H,18,24)/t11-/m0/s1. The minimum atomic E-state index is -0.180. The van der Waals surface area contributed by atoms with Gasteiger partial charge in [-0.1, -0.05) is 12.1 Å². The summed E-state index contributed by atoms with van der Waals surface area (Å²) in [5, 5.41) is 13.4. The number of nitrogens with one attached hydrogen (secondary N) is 2. The predicted octanol–water partition coefficient (Wildman–Crippen LogP) is 2.48. The Kier molecular flexibility index (Phi) is 5.32. The number of rotatable bonds is 5. The lowest BCUT2D eigenvalue weighted by molar-refractivity contribution is 0.0967. The Hall–Kier alpha value is -2.42. The number of hydrogen-bond donors (Lipinski definition) is 2. The summed E-state index contributed by atoms with van der Waals surface area (Å²) in [7, 11) is 1.61. The predicted molar refractivity (Wildman–Crippen MR) is 95.7 cm³/mol. The van der Waals surface area contributed by atoms with Gasteiger partial charge in [0, 0.05) is 25.0 Å². The Bertz CT molecular complexity index is 755. The molecule has 1 saturated heterocycles. The molecule has 0 aliphatic carbocycles. The fourth-order valence-corrected chi connectivity index (χ4v) is 4.06. The van der Waals surface area contributed by atoms with Crippen LogP contribution in [0.3, 0.4) is 0 Å². The minimum Gasteiger partial charge on any atom is -0.354 e. The zero-order chi connectivity index (χ0) is 17.8. The lowest BCUT2D eigenvalue weighted by Gasteiger charge is -2.23. The van der Waals surface area contributed by atoms with Gasteiger partial charge in [0.15, 0.2) is 5.82 Å². The Morgan fingerprint density at radius 2 is 2.24 bits per heavy atom. The quantitative estimate of drug-likeness (QED) is 0.855. The lowest BCUT2D eigenvalue weighted by atomic mass is 10.2. The van der Waals surface area contributed by atoms with Gasteiger partial charge in [-0.15, -0.1) is 16.4 Å². The second kappa shape index (κ2) is 7.64. The molecule has 1 atom stereocenters. The van der Waals surface area contributed by atoms with E-state index in [4.69, 9.17) is 0 Å². The number of thiophene rings is 1. The molecule has 0 saturated carbocycles. The van der Waals surface area contributed by atoms with Crippen LogP contribution in [0.2, 0.25) is 0 Å². The molecular weight excluding hydrogens is 340 g/mol. The molecule has 134 valence electrons. The van der Waals surface area contributed by atoms with Gasteiger partial charge in [0.25, 0.3) is 5.91 Å². The summed E-state index contributed by atoms with van der Waals surface area (Å²) in [4.78, 5) is 27.9. The van der Waals surface area contributed by atoms with Gasteiger partial charge < -0.3 is 10.2 Å². The number of likely N-dealkylation sites (tertiary alicyclic amines) is 1. The SMILES string of the molecule is CCCn1cc(NC(=O)N2CCC[C@H]2c2ccc(C(=O)NC)s2)nn1. The third-order valence-corrected chi connectivity index (χ3v) is 5.33. The Morgan fingerprint density at radius 3 is 3.00 bits per heavy atom. The van der Waals surface area contributed by atoms with Crippen molar-refractivity contribution in [2.45, 2.75) is 38.8 Å². The first-order valence-corrected chi connectivity index (χ1v) is 9.23. The van der Waals surface area contributed by atoms with Crippen molar-refractivity contribution in [3.8, 4) is 0 Å². The maximum absolute atomic E-state index is 12.6. The molecule has 0 radical (unpaired) electrons. The van der Waals surface area contributed by atoms with Gasteiger partial charge in [-0.2, -0.15) is 0 Å². The average Bonchev–Trinajstić information content (AvgIpc) is 3.34. The number of aromatic nitrogens is 3. The number of carbonyl (C=O) groups is 2. The van der Waals surface area contributed by atoms with Gasteiger partial charge in [-0.25, -0.2) is 4.79 Å². The van der Waals surface area contributed by atoms with Gasteiger partial charge in [0.2, 0.25) is 0 Å². The van der Waals surface area contributed by atoms with E-state index < -0.39 is 0 Å². The molecule has 0 spiro atoms. The molecule has 25 heavy (non-hydrogen) atoms. The van der Waals surface area contributed by atoms with Gasteiger partial charge in [-0.05, 0) is 31.4 Å². The van der Waals surface area contributed by atoms with Crippen molar-refractivity contribution >= 4 is 29.1 Å². The summed E-state index contributed by atoms with van der Waals surface area (Å²) >= 11 is 1.44. The zero-order valence-electron chi connectivity index (χ0n) is 14.4. The average molecular weight is 362 g/mol. The molecule has 1 aliphatic rings. The van der Waals surface area contributed by atoms with E-state index in [1.54, 1.807) is 22.8 Å². The van der Waals surface area contributed by atoms with Gasteiger partial charge in [0.05, 0.1) is 17.1 Å². The summed E-state index contributed by atoms with van der Waals surface area (Å²) in [5.74, 6) is 0.360. The first-order chi connectivity index (χ1) is 12.1. The summed E-state index contributed by atoms with van der Waals surface area (Å²) in [6, 6.07) is 3.56. The fraction of sp³-hybridized carbons (Fsp3) is 0.500. The van der Waals surface area contributed by atoms with Crippen LogP contribution >= 0.6 is 11.3 Å². The van der Waals surface area contributed by atoms with E-state index in [0.717, 1.165) is 30.7 Å². The van der Waals surface area contributed by atoms with Crippen LogP contribution in [-0.2, 0) is 6.54 Å². The molecule has 3 amide bonds. The van der Waals surface area contributed by atoms with E-state index >= 15 is 0 Å². The van der Waals surface area contributed by atoms with Crippen LogP contribution in [-0.4, -0.2) is 45.4 Å². The van der Waals surface area contributed by atoms with Gasteiger partial charge >= 0.3 is 6.03 Å². The monoisotopic (exact) mass is 362 g/mol. The van der Waals surface area contributed by atoms with E-state index in [2.05, 4.69) is 27.9 Å². The Balaban J connectivity index is 1.68. The number of carbonyl (C=O) groups excluding carboxylic acids is 2. The van der Waals surface area contributed by atoms with Crippen LogP contribution in [0.15, 0.2) is 18.3 Å². The first kappa shape index (κ1) is 17.4. The van der Waals surface area contributed by atoms with Crippen molar-refractivity contribution < 1.29 is 9.59 Å². The molecule has 2 N–H and O–H groups in total. The molecule has 3 heterocycles. The summed E-state index contributed by atoms with van der Waals surface area (Å²) in [5.41, 5.74) is 0. The highest BCUT2D eigenvalue weighted by Gasteiger charge is 2.31. The number of hydrogen-bond acceptors (Lipinski definition) is 5. The summed E-state index contributed by atoms with van der Waals surface area (Å²) < 4.78 is 1.71. The van der Waals surface area contributed by atoms with Crippen LogP contribution in [0, 0.1) is 0 Å². The molecule has 8 nitrogen and oxygen atoms in total. The summed E-state index contributed by atoms with van der Waals surface area (Å²) in [6.45, 7) is 3.52. The second-order valence-corrected chi connectivity index (χ2v) is 7.04. The van der Waals surface area contributed by atoms with Crippen molar-refractivity contribution in [1.82, 2.24) is 25.2 Å². The Morgan fingerprint density at radius 1 is 1.40 bits per heavy atom. The largest absolute Gasteiger partial charge is 0.354 e. The van der Waals surface area contributed by atoms with Gasteiger partial charge in [-0.3, -0.25) is 14.8 Å². The maximum atomic E-state index is 12.6. The van der Waals surface area contributed by atoms with Crippen molar-refractivity contribution in [1.29, 1.82) is 0 Å². The molecule has 0 unspecified atom stereocenters. The second-order valence-electron chi connectivity index (χ2n) is 5.93. The van der Waals surface area contributed by atoms with Crippen LogP contribution < -0.4 is 10.6 Å². The number of anilines is 1. The molecule has 9 heteroatoms. The van der Waals surface area contributed by atoms with Crippen molar-refractivity contribution in [2.24, 2.45) is 0 Å². The number of nitrogens with zero attached hydrogens (tertiary/aromatic N) is 4. The van der Waals surface area contributed by atoms with Crippen LogP contribution in [0.25, 0.3) is 0 Å². The zero-order valence-corrected chi connectivity index (χ0v) is 15.2. The maximum Gasteiger partial charge on any atom is 0.323 e. The normalized spacial score (nSPS) is 16.9. The van der Waals surface area contributed by atoms with E-state index in [1.807, 2.05) is 12.1 Å². The highest BCUT2D eigenvalue weighted by atomic mass is 32.1. The molecule has 0 bridgehead atoms. The van der Waals surface area contributed by atoms with Crippen LogP contribution in [0.5, 0.6) is 0 Å². The lowest BCUT2D eigenvalue weighted by Crippen LogP contribution is -2.34. The molecule has 2 aromatic heterocycles. The van der Waals surface area contributed by atoms with Crippen molar-refractivity contribution in [3.05, 3.63) is 28.1 Å². The highest BCUT2D eigenvalue weighted by molar-refractivity contribution is 7.14. The van der Waals surface area contributed by atoms with E-state index in [1.165, 1.54) is 11.3 Å². The topological polar surface area (TPSA) is 92.2 Å². The minimum absolute atomic E-state index is 0.00547. The fourth-order valence-electron chi connectivity index (χ4n) is 2.96. The van der Waals surface area contributed by atoms with Crippen molar-refractivity contribution in [3.63, 3.8) is 0 Å². The Labute approximate surface area is 150 Å². The highest BCUT2D eigenvalue weighted by Crippen LogP contribution is 2.36. The van der Waals surface area contributed by atoms with Crippen LogP contribution in [0.4, 0.5) is 10.6 Å². The molecule has 0 aromatic carbocycles. The molecular formula is C16H22N6O2S. The van der Waals surface area contributed by atoms with Crippen LogP contribution in [0.1, 0.15) is 46.8 Å². The molecule has 1 aliphatic heterocycles. The number of aryl methyl sites for hydroxylation is 1. The number of amides is 3. The molecule has 3 rings (SSSR count). The first-order valence-electron chi connectivity index (χ1n) is 8.42. The third-order valence-electron chi connectivity index (χ3n) is 4.15. The van der Waals surface area contributed by atoms with E-state index in [9.17, 15) is 9.59 Å². The smallest absolute Gasteiger partial charge is 0.323 e. The van der Waals surface area contributed by atoms with Crippen molar-refractivity contribution in [2.75, 3.05) is 18.9 Å². The van der Waals surface area contributed by atoms with Gasteiger partial charge in [0.1, 0.15) is 0 Å². The van der Waals surface area contributed by atoms with E-state index in [-0.39, 0.29) is 18.0 Å². The third kappa shape index (κ3) is 3.81.